The predicted octanol–water partition coefficient (Wildman–Crippen LogP) is 5.60. The van der Waals surface area contributed by atoms with Gasteiger partial charge in [-0.05, 0) is 51.1 Å². The normalized spacial score (nSPS) is 11.9. The lowest BCUT2D eigenvalue weighted by Crippen LogP contribution is -2.09. The molecular weight excluding hydrogens is 435 g/mol. The Hall–Kier alpha value is -3.78. The number of aromatic nitrogens is 4. The van der Waals surface area contributed by atoms with Gasteiger partial charge in [-0.25, -0.2) is 9.97 Å². The minimum Gasteiger partial charge on any atom is -0.496 e. The topological polar surface area (TPSA) is 71.3 Å². The van der Waals surface area contributed by atoms with Gasteiger partial charge in [0.05, 0.1) is 12.8 Å². The van der Waals surface area contributed by atoms with Crippen molar-refractivity contribution in [2.45, 2.75) is 33.6 Å². The van der Waals surface area contributed by atoms with E-state index in [4.69, 9.17) is 19.2 Å². The number of aryl methyl sites for hydroxylation is 1. The summed E-state index contributed by atoms with van der Waals surface area (Å²) < 4.78 is 32.7. The van der Waals surface area contributed by atoms with Crippen LogP contribution in [0.1, 0.15) is 31.3 Å². The first-order chi connectivity index (χ1) is 16.5. The second-order valence-electron chi connectivity index (χ2n) is 7.74. The Morgan fingerprint density at radius 2 is 1.91 bits per heavy atom. The zero-order valence-corrected chi connectivity index (χ0v) is 19.7. The Morgan fingerprint density at radius 3 is 2.59 bits per heavy atom. The fraction of sp³-hybridized carbons (Fsp3) is 0.269. The van der Waals surface area contributed by atoms with Gasteiger partial charge in [0.2, 0.25) is 5.95 Å². The molecule has 0 aliphatic rings. The molecule has 0 aliphatic heterocycles. The summed E-state index contributed by atoms with van der Waals surface area (Å²) in [6.07, 6.45) is 4.89. The summed E-state index contributed by atoms with van der Waals surface area (Å²) in [6, 6.07) is 12.5. The molecule has 0 amide bonds. The van der Waals surface area contributed by atoms with Crippen LogP contribution in [0.3, 0.4) is 0 Å². The van der Waals surface area contributed by atoms with E-state index in [0.29, 0.717) is 41.8 Å². The van der Waals surface area contributed by atoms with Gasteiger partial charge in [0.15, 0.2) is 0 Å². The maximum atomic E-state index is 13.4. The van der Waals surface area contributed by atoms with E-state index in [9.17, 15) is 4.39 Å². The van der Waals surface area contributed by atoms with Crippen molar-refractivity contribution in [2.24, 2.45) is 0 Å². The summed E-state index contributed by atoms with van der Waals surface area (Å²) in [5, 5.41) is 0. The van der Waals surface area contributed by atoms with Gasteiger partial charge in [-0.2, -0.15) is 4.39 Å². The molecule has 0 fully saturated rings. The van der Waals surface area contributed by atoms with E-state index in [1.165, 1.54) is 12.3 Å². The molecule has 4 aromatic rings. The Bertz CT molecular complexity index is 1240. The van der Waals surface area contributed by atoms with Gasteiger partial charge in [0, 0.05) is 53.6 Å². The number of methoxy groups -OCH3 is 1. The van der Waals surface area contributed by atoms with E-state index < -0.39 is 5.95 Å². The molecule has 0 N–H and O–H groups in total. The smallest absolute Gasteiger partial charge is 0.212 e. The van der Waals surface area contributed by atoms with E-state index in [1.54, 1.807) is 19.4 Å². The zero-order valence-electron chi connectivity index (χ0n) is 19.7. The summed E-state index contributed by atoms with van der Waals surface area (Å²) in [6.45, 7) is 6.76. The minimum absolute atomic E-state index is 0.275. The maximum Gasteiger partial charge on any atom is 0.212 e. The molecule has 1 unspecified atom stereocenters. The number of imidazole rings is 1. The third kappa shape index (κ3) is 5.23. The molecule has 1 atom stereocenters. The molecule has 176 valence electrons. The highest BCUT2D eigenvalue weighted by atomic mass is 19.1. The molecule has 4 rings (SSSR count). The van der Waals surface area contributed by atoms with Gasteiger partial charge >= 0.3 is 0 Å². The summed E-state index contributed by atoms with van der Waals surface area (Å²) in [7, 11) is 1.61. The highest BCUT2D eigenvalue weighted by molar-refractivity contribution is 5.71. The fourth-order valence-corrected chi connectivity index (χ4v) is 3.57. The summed E-state index contributed by atoms with van der Waals surface area (Å²) in [5.41, 5.74) is 4.12. The monoisotopic (exact) mass is 462 g/mol. The maximum absolute atomic E-state index is 13.4. The van der Waals surface area contributed by atoms with Crippen LogP contribution in [0.4, 0.5) is 4.39 Å². The second kappa shape index (κ2) is 10.4. The molecule has 3 heterocycles. The summed E-state index contributed by atoms with van der Waals surface area (Å²) in [5.74, 6) is 1.37. The minimum atomic E-state index is -0.543. The van der Waals surface area contributed by atoms with E-state index in [2.05, 4.69) is 9.97 Å². The lowest BCUT2D eigenvalue weighted by molar-refractivity contribution is 0.0260. The Balaban J connectivity index is 1.65. The van der Waals surface area contributed by atoms with Gasteiger partial charge in [0.1, 0.15) is 30.2 Å². The number of ether oxygens (including phenoxy) is 3. The first kappa shape index (κ1) is 23.4. The molecule has 0 saturated heterocycles. The average Bonchev–Trinajstić information content (AvgIpc) is 3.29. The fourth-order valence-electron chi connectivity index (χ4n) is 3.57. The van der Waals surface area contributed by atoms with Crippen molar-refractivity contribution in [2.75, 3.05) is 13.7 Å². The number of hydrogen-bond donors (Lipinski definition) is 0. The van der Waals surface area contributed by atoms with Gasteiger partial charge in [-0.1, -0.05) is 6.07 Å². The highest BCUT2D eigenvalue weighted by Crippen LogP contribution is 2.35. The molecule has 8 heteroatoms. The molecule has 0 spiro atoms. The lowest BCUT2D eigenvalue weighted by atomic mass is 10.1. The lowest BCUT2D eigenvalue weighted by Gasteiger charge is -2.16. The second-order valence-corrected chi connectivity index (χ2v) is 7.74. The van der Waals surface area contributed by atoms with Crippen LogP contribution < -0.4 is 9.47 Å². The molecule has 34 heavy (non-hydrogen) atoms. The number of halogens is 1. The van der Waals surface area contributed by atoms with Crippen LogP contribution in [0.15, 0.2) is 61.1 Å². The van der Waals surface area contributed by atoms with E-state index in [1.807, 2.05) is 61.9 Å². The van der Waals surface area contributed by atoms with Crippen molar-refractivity contribution in [3.8, 4) is 34.1 Å². The first-order valence-electron chi connectivity index (χ1n) is 11.0. The van der Waals surface area contributed by atoms with Gasteiger partial charge in [-0.3, -0.25) is 4.98 Å². The third-order valence-corrected chi connectivity index (χ3v) is 5.34. The average molecular weight is 463 g/mol. The van der Waals surface area contributed by atoms with Crippen LogP contribution in [0.5, 0.6) is 11.5 Å². The first-order valence-corrected chi connectivity index (χ1v) is 11.0. The largest absolute Gasteiger partial charge is 0.496 e. The molecule has 0 radical (unpaired) electrons. The SMILES string of the molecule is CCOC(C)n1cc(-c2ccc(OCc3ccc(C)nc3)cc2OC)nc1-c1ccc(F)nc1. The number of rotatable bonds is 9. The van der Waals surface area contributed by atoms with Crippen molar-refractivity contribution in [3.63, 3.8) is 0 Å². The number of benzene rings is 1. The third-order valence-electron chi connectivity index (χ3n) is 5.34. The zero-order chi connectivity index (χ0) is 24.1. The summed E-state index contributed by atoms with van der Waals surface area (Å²) >= 11 is 0. The molecule has 3 aromatic heterocycles. The molecule has 7 nitrogen and oxygen atoms in total. The van der Waals surface area contributed by atoms with Crippen molar-refractivity contribution < 1.29 is 18.6 Å². The van der Waals surface area contributed by atoms with Gasteiger partial charge < -0.3 is 18.8 Å². The molecule has 0 bridgehead atoms. The van der Waals surface area contributed by atoms with Crippen LogP contribution in [0, 0.1) is 12.9 Å². The molecular formula is C26H27FN4O3. The van der Waals surface area contributed by atoms with Crippen molar-refractivity contribution in [1.82, 2.24) is 19.5 Å². The standard InChI is InChI=1S/C26H27FN4O3/c1-5-33-18(3)31-15-23(30-26(31)20-8-11-25(27)29-14-20)22-10-9-21(12-24(22)32-4)34-16-19-7-6-17(2)28-13-19/h6-15,18H,5,16H2,1-4H3. The highest BCUT2D eigenvalue weighted by Gasteiger charge is 2.19. The Kier molecular flexibility index (Phi) is 7.18. The van der Waals surface area contributed by atoms with Crippen LogP contribution in [0.25, 0.3) is 22.6 Å². The van der Waals surface area contributed by atoms with Crippen molar-refractivity contribution >= 4 is 0 Å². The molecule has 1 aromatic carbocycles. The van der Waals surface area contributed by atoms with Crippen molar-refractivity contribution in [3.05, 3.63) is 78.3 Å². The van der Waals surface area contributed by atoms with Gasteiger partial charge in [-0.15, -0.1) is 0 Å². The number of pyridine rings is 2. The quantitative estimate of drug-likeness (QED) is 0.302. The van der Waals surface area contributed by atoms with Crippen LogP contribution in [-0.2, 0) is 11.3 Å². The Morgan fingerprint density at radius 1 is 1.06 bits per heavy atom. The molecule has 0 saturated carbocycles. The van der Waals surface area contributed by atoms with E-state index >= 15 is 0 Å². The molecule has 0 aliphatic carbocycles. The Labute approximate surface area is 198 Å². The van der Waals surface area contributed by atoms with E-state index in [0.717, 1.165) is 16.8 Å². The number of nitrogens with zero attached hydrogens (tertiary/aromatic N) is 4. The van der Waals surface area contributed by atoms with Crippen molar-refractivity contribution in [1.29, 1.82) is 0 Å². The predicted molar refractivity (Wildman–Crippen MR) is 127 cm³/mol. The van der Waals surface area contributed by atoms with Crippen LogP contribution >= 0.6 is 0 Å². The van der Waals surface area contributed by atoms with Gasteiger partial charge in [0.25, 0.3) is 0 Å². The van der Waals surface area contributed by atoms with Crippen LogP contribution in [0.2, 0.25) is 0 Å². The van der Waals surface area contributed by atoms with Crippen LogP contribution in [-0.4, -0.2) is 33.2 Å². The number of hydrogen-bond acceptors (Lipinski definition) is 6. The summed E-state index contributed by atoms with van der Waals surface area (Å²) in [4.78, 5) is 12.9. The van der Waals surface area contributed by atoms with E-state index in [-0.39, 0.29) is 6.23 Å².